The number of halogens is 2. The molecule has 2 N–H and O–H groups in total. The molecule has 2 aromatic heterocycles. The van der Waals surface area contributed by atoms with Crippen molar-refractivity contribution in [3.05, 3.63) is 59.4 Å². The van der Waals surface area contributed by atoms with Gasteiger partial charge < -0.3 is 19.8 Å². The number of ether oxygens (including phenoxy) is 1. The monoisotopic (exact) mass is 424 g/mol. The summed E-state index contributed by atoms with van der Waals surface area (Å²) in [5.41, 5.74) is 1.72. The third-order valence-corrected chi connectivity index (χ3v) is 4.07. The number of nitrogens with zero attached hydrogens (tertiary/aromatic N) is 2. The SMILES string of the molecule is COCCNCCNC(=O)c1cc(-c2ccco2)n(-c2cccc(Cl)c2)n1.Cl. The van der Waals surface area contributed by atoms with Gasteiger partial charge in [-0.2, -0.15) is 5.10 Å². The molecule has 0 unspecified atom stereocenters. The topological polar surface area (TPSA) is 81.3 Å². The maximum absolute atomic E-state index is 12.5. The molecule has 0 aliphatic rings. The second kappa shape index (κ2) is 10.9. The highest BCUT2D eigenvalue weighted by Gasteiger charge is 2.18. The van der Waals surface area contributed by atoms with Crippen LogP contribution >= 0.6 is 24.0 Å². The van der Waals surface area contributed by atoms with Crippen LogP contribution in [0.2, 0.25) is 5.02 Å². The normalized spacial score (nSPS) is 10.5. The van der Waals surface area contributed by atoms with Crippen LogP contribution in [0.25, 0.3) is 17.1 Å². The predicted molar refractivity (Wildman–Crippen MR) is 111 cm³/mol. The molecule has 3 rings (SSSR count). The van der Waals surface area contributed by atoms with E-state index in [9.17, 15) is 4.79 Å². The van der Waals surface area contributed by atoms with E-state index in [-0.39, 0.29) is 18.3 Å². The van der Waals surface area contributed by atoms with Crippen molar-refractivity contribution in [3.8, 4) is 17.1 Å². The number of nitrogens with one attached hydrogen (secondary N) is 2. The standard InChI is InChI=1S/C19H21ClN4O3.ClH/c1-26-11-9-21-7-8-22-19(25)16-13-17(18-6-3-10-27-18)24(23-16)15-5-2-4-14(20)12-15;/h2-6,10,12-13,21H,7-9,11H2,1H3,(H,22,25);1H. The van der Waals surface area contributed by atoms with Gasteiger partial charge in [-0.25, -0.2) is 4.68 Å². The Kier molecular flexibility index (Phi) is 8.53. The van der Waals surface area contributed by atoms with Gasteiger partial charge in [-0.1, -0.05) is 17.7 Å². The summed E-state index contributed by atoms with van der Waals surface area (Å²) in [6, 6.07) is 12.6. The van der Waals surface area contributed by atoms with Gasteiger partial charge in [0, 0.05) is 37.8 Å². The smallest absolute Gasteiger partial charge is 0.271 e. The van der Waals surface area contributed by atoms with Crippen molar-refractivity contribution in [3.63, 3.8) is 0 Å². The number of benzene rings is 1. The molecule has 7 nitrogen and oxygen atoms in total. The minimum absolute atomic E-state index is 0. The van der Waals surface area contributed by atoms with Crippen LogP contribution in [0.1, 0.15) is 10.5 Å². The maximum Gasteiger partial charge on any atom is 0.271 e. The lowest BCUT2D eigenvalue weighted by Gasteiger charge is -2.06. The lowest BCUT2D eigenvalue weighted by Crippen LogP contribution is -2.33. The van der Waals surface area contributed by atoms with Gasteiger partial charge in [0.05, 0.1) is 18.6 Å². The summed E-state index contributed by atoms with van der Waals surface area (Å²) in [5, 5.41) is 11.1. The van der Waals surface area contributed by atoms with E-state index in [1.807, 2.05) is 18.2 Å². The lowest BCUT2D eigenvalue weighted by atomic mass is 10.2. The largest absolute Gasteiger partial charge is 0.463 e. The average molecular weight is 425 g/mol. The molecule has 0 bridgehead atoms. The van der Waals surface area contributed by atoms with Crippen molar-refractivity contribution in [1.82, 2.24) is 20.4 Å². The minimum Gasteiger partial charge on any atom is -0.463 e. The Bertz CT molecular complexity index is 881. The van der Waals surface area contributed by atoms with Gasteiger partial charge in [-0.15, -0.1) is 12.4 Å². The highest BCUT2D eigenvalue weighted by atomic mass is 35.5. The number of aromatic nitrogens is 2. The number of furan rings is 1. The molecular weight excluding hydrogens is 403 g/mol. The number of methoxy groups -OCH3 is 1. The van der Waals surface area contributed by atoms with Gasteiger partial charge in [0.25, 0.3) is 5.91 Å². The highest BCUT2D eigenvalue weighted by Crippen LogP contribution is 2.25. The van der Waals surface area contributed by atoms with Gasteiger partial charge in [0.15, 0.2) is 11.5 Å². The Labute approximate surface area is 174 Å². The van der Waals surface area contributed by atoms with Gasteiger partial charge >= 0.3 is 0 Å². The summed E-state index contributed by atoms with van der Waals surface area (Å²) in [6.07, 6.45) is 1.58. The first-order valence-corrected chi connectivity index (χ1v) is 8.94. The molecule has 0 atom stereocenters. The third kappa shape index (κ3) is 5.59. The van der Waals surface area contributed by atoms with Gasteiger partial charge in [0.2, 0.25) is 0 Å². The third-order valence-electron chi connectivity index (χ3n) is 3.84. The van der Waals surface area contributed by atoms with E-state index in [2.05, 4.69) is 15.7 Å². The van der Waals surface area contributed by atoms with E-state index in [0.29, 0.717) is 41.9 Å². The van der Waals surface area contributed by atoms with Gasteiger partial charge in [-0.3, -0.25) is 4.79 Å². The fraction of sp³-hybridized carbons (Fsp3) is 0.263. The first-order chi connectivity index (χ1) is 13.2. The zero-order valence-electron chi connectivity index (χ0n) is 15.4. The van der Waals surface area contributed by atoms with E-state index in [1.165, 1.54) is 0 Å². The molecule has 150 valence electrons. The number of carbonyl (C=O) groups is 1. The fourth-order valence-electron chi connectivity index (χ4n) is 2.55. The van der Waals surface area contributed by atoms with Crippen molar-refractivity contribution >= 4 is 29.9 Å². The van der Waals surface area contributed by atoms with Crippen LogP contribution in [0.5, 0.6) is 0 Å². The predicted octanol–water partition coefficient (Wildman–Crippen LogP) is 3.17. The molecule has 0 saturated carbocycles. The number of carbonyl (C=O) groups excluding carboxylic acids is 1. The van der Waals surface area contributed by atoms with E-state index >= 15 is 0 Å². The summed E-state index contributed by atoms with van der Waals surface area (Å²) in [7, 11) is 1.65. The second-order valence-corrected chi connectivity index (χ2v) is 6.22. The molecule has 0 aliphatic heterocycles. The molecule has 0 radical (unpaired) electrons. The average Bonchev–Trinajstić information content (AvgIpc) is 3.33. The first kappa shape index (κ1) is 22.0. The van der Waals surface area contributed by atoms with Crippen LogP contribution in [0.15, 0.2) is 53.1 Å². The zero-order chi connectivity index (χ0) is 19.1. The number of hydrogen-bond donors (Lipinski definition) is 2. The molecular formula is C19H22Cl2N4O3. The molecule has 1 amide bonds. The van der Waals surface area contributed by atoms with Gasteiger partial charge in [0.1, 0.15) is 5.69 Å². The fourth-order valence-corrected chi connectivity index (χ4v) is 2.74. The van der Waals surface area contributed by atoms with Crippen LogP contribution in [0, 0.1) is 0 Å². The first-order valence-electron chi connectivity index (χ1n) is 8.57. The number of rotatable bonds is 9. The number of hydrogen-bond acceptors (Lipinski definition) is 5. The Morgan fingerprint density at radius 1 is 1.21 bits per heavy atom. The molecule has 9 heteroatoms. The van der Waals surface area contributed by atoms with Crippen molar-refractivity contribution < 1.29 is 13.9 Å². The van der Waals surface area contributed by atoms with Crippen molar-refractivity contribution in [2.24, 2.45) is 0 Å². The molecule has 3 aromatic rings. The van der Waals surface area contributed by atoms with E-state index in [4.69, 9.17) is 20.8 Å². The van der Waals surface area contributed by atoms with Crippen LogP contribution in [-0.4, -0.2) is 49.0 Å². The minimum atomic E-state index is -0.253. The maximum atomic E-state index is 12.5. The number of amides is 1. The van der Waals surface area contributed by atoms with E-state index in [1.54, 1.807) is 42.3 Å². The summed E-state index contributed by atoms with van der Waals surface area (Å²) < 4.78 is 12.1. The van der Waals surface area contributed by atoms with E-state index in [0.717, 1.165) is 12.2 Å². The van der Waals surface area contributed by atoms with Crippen LogP contribution < -0.4 is 10.6 Å². The molecule has 0 aliphatic carbocycles. The quantitative estimate of drug-likeness (QED) is 0.515. The van der Waals surface area contributed by atoms with Crippen LogP contribution in [0.4, 0.5) is 0 Å². The molecule has 28 heavy (non-hydrogen) atoms. The van der Waals surface area contributed by atoms with Crippen molar-refractivity contribution in [2.45, 2.75) is 0 Å². The summed E-state index contributed by atoms with van der Waals surface area (Å²) in [6.45, 7) is 2.50. The van der Waals surface area contributed by atoms with Gasteiger partial charge in [-0.05, 0) is 30.3 Å². The highest BCUT2D eigenvalue weighted by molar-refractivity contribution is 6.30. The molecule has 0 saturated heterocycles. The Balaban J connectivity index is 0.00000280. The summed E-state index contributed by atoms with van der Waals surface area (Å²) in [5.74, 6) is 0.361. The van der Waals surface area contributed by atoms with Crippen LogP contribution in [-0.2, 0) is 4.74 Å². The summed E-state index contributed by atoms with van der Waals surface area (Å²) >= 11 is 6.10. The summed E-state index contributed by atoms with van der Waals surface area (Å²) in [4.78, 5) is 12.5. The van der Waals surface area contributed by atoms with E-state index < -0.39 is 0 Å². The molecule has 0 fully saturated rings. The molecule has 0 spiro atoms. The Hall–Kier alpha value is -2.32. The zero-order valence-corrected chi connectivity index (χ0v) is 16.9. The Morgan fingerprint density at radius 2 is 2.07 bits per heavy atom. The van der Waals surface area contributed by atoms with Crippen molar-refractivity contribution in [2.75, 3.05) is 33.4 Å². The van der Waals surface area contributed by atoms with Crippen molar-refractivity contribution in [1.29, 1.82) is 0 Å². The Morgan fingerprint density at radius 3 is 2.79 bits per heavy atom. The lowest BCUT2D eigenvalue weighted by molar-refractivity contribution is 0.0948. The molecule has 1 aromatic carbocycles. The second-order valence-electron chi connectivity index (χ2n) is 5.78. The van der Waals surface area contributed by atoms with Crippen LogP contribution in [0.3, 0.4) is 0 Å². The molecule has 2 heterocycles.